The van der Waals surface area contributed by atoms with Crippen molar-refractivity contribution < 1.29 is 37.6 Å². The molecule has 0 saturated carbocycles. The van der Waals surface area contributed by atoms with E-state index < -0.39 is 26.5 Å². The van der Waals surface area contributed by atoms with E-state index in [9.17, 15) is 19.0 Å². The lowest BCUT2D eigenvalue weighted by Gasteiger charge is -2.19. The standard InChI is InChI=1S/C85H144NO8P/c1-3-5-7-9-11-13-15-17-19-21-23-25-27-29-31-33-35-37-39-41-43-45-47-49-51-53-55-57-59-61-63-65-67-69-71-73-75-77-84(87)91-81-83(82-93-95(89,90)92-80-79-86)94-85(88)78-76-74-72-70-68-66-64-62-60-58-56-54-52-50-48-46-44-42-40-38-36-34-32-30-28-26-24-22-20-18-16-14-12-10-8-6-4-2/h6,8,12,14-15,17-18,20-21,23-24,26-27,29-30,32,36,38,42,44,48,50,54,56,60,62,83H,3-5,7,9-11,13,16,19,22,25,28,31,33-35,37,39-41,43,45-47,49,51-53,55,57-59,61,63-82,86H2,1-2H3,(H,89,90)/b8-6-,14-12-,17-15-,20-18-,23-21-,26-24-,29-27-,32-30-,38-36-,44-42-,50-48-,56-54-,62-60-. The molecule has 0 aliphatic carbocycles. The second-order valence-corrected chi connectivity index (χ2v) is 26.9. The second kappa shape index (κ2) is 78.6. The van der Waals surface area contributed by atoms with E-state index in [0.717, 1.165) is 135 Å². The van der Waals surface area contributed by atoms with Crippen LogP contribution in [0.4, 0.5) is 0 Å². The smallest absolute Gasteiger partial charge is 0.462 e. The number of esters is 2. The Balaban J connectivity index is 3.91. The fourth-order valence-corrected chi connectivity index (χ4v) is 11.4. The van der Waals surface area contributed by atoms with Crippen LogP contribution in [-0.4, -0.2) is 49.3 Å². The number of ether oxygens (including phenoxy) is 2. The number of hydrogen-bond acceptors (Lipinski definition) is 8. The van der Waals surface area contributed by atoms with Crippen molar-refractivity contribution >= 4 is 19.8 Å². The SMILES string of the molecule is CC/C=C\C/C=C\C/C=C\C/C=C\C/C=C\C/C=C\C/C=C\C/C=C\C/C=C\C/C=C\CCCCCCCCC(=O)OC(COC(=O)CCCCCCCCCCCCCCCCCCCCCCCC/C=C\C/C=C\C/C=C\CCCCCCC)COP(=O)(O)OCCN. The fourth-order valence-electron chi connectivity index (χ4n) is 10.7. The summed E-state index contributed by atoms with van der Waals surface area (Å²) in [5, 5.41) is 0. The fraction of sp³-hybridized carbons (Fsp3) is 0.671. The van der Waals surface area contributed by atoms with Crippen LogP contribution < -0.4 is 5.73 Å². The van der Waals surface area contributed by atoms with Gasteiger partial charge in [-0.3, -0.25) is 18.6 Å². The molecule has 95 heavy (non-hydrogen) atoms. The Morgan fingerprint density at radius 3 is 0.863 bits per heavy atom. The number of unbranched alkanes of at least 4 members (excludes halogenated alkanes) is 33. The molecular formula is C85H144NO8P. The largest absolute Gasteiger partial charge is 0.472 e. The highest BCUT2D eigenvalue weighted by Crippen LogP contribution is 2.43. The molecule has 3 N–H and O–H groups in total. The minimum atomic E-state index is -4.41. The van der Waals surface area contributed by atoms with Gasteiger partial charge in [-0.1, -0.05) is 352 Å². The van der Waals surface area contributed by atoms with Crippen LogP contribution in [0.25, 0.3) is 0 Å². The van der Waals surface area contributed by atoms with Crippen LogP contribution in [0, 0.1) is 0 Å². The van der Waals surface area contributed by atoms with Crippen LogP contribution in [0.1, 0.15) is 335 Å². The molecule has 0 heterocycles. The molecule has 0 aromatic carbocycles. The van der Waals surface area contributed by atoms with Crippen molar-refractivity contribution in [1.29, 1.82) is 0 Å². The van der Waals surface area contributed by atoms with Crippen LogP contribution in [0.2, 0.25) is 0 Å². The van der Waals surface area contributed by atoms with Gasteiger partial charge in [0, 0.05) is 19.4 Å². The predicted octanol–water partition coefficient (Wildman–Crippen LogP) is 26.3. The van der Waals surface area contributed by atoms with Crippen molar-refractivity contribution in [2.24, 2.45) is 5.73 Å². The lowest BCUT2D eigenvalue weighted by molar-refractivity contribution is -0.161. The van der Waals surface area contributed by atoms with Crippen LogP contribution in [0.5, 0.6) is 0 Å². The Morgan fingerprint density at radius 1 is 0.326 bits per heavy atom. The summed E-state index contributed by atoms with van der Waals surface area (Å²) >= 11 is 0. The van der Waals surface area contributed by atoms with E-state index in [2.05, 4.69) is 172 Å². The van der Waals surface area contributed by atoms with Crippen LogP contribution in [0.15, 0.2) is 158 Å². The predicted molar refractivity (Wildman–Crippen MR) is 413 cm³/mol. The molecule has 0 radical (unpaired) electrons. The Kier molecular flexibility index (Phi) is 75.0. The number of phosphoric ester groups is 1. The lowest BCUT2D eigenvalue weighted by Crippen LogP contribution is -2.29. The highest BCUT2D eigenvalue weighted by atomic mass is 31.2. The maximum Gasteiger partial charge on any atom is 0.472 e. The molecule has 2 atom stereocenters. The monoisotopic (exact) mass is 1340 g/mol. The van der Waals surface area contributed by atoms with Crippen molar-refractivity contribution in [1.82, 2.24) is 0 Å². The zero-order chi connectivity index (χ0) is 68.6. The number of phosphoric acid groups is 1. The van der Waals surface area contributed by atoms with Gasteiger partial charge in [-0.25, -0.2) is 4.57 Å². The average molecular weight is 1340 g/mol. The van der Waals surface area contributed by atoms with E-state index in [0.29, 0.717) is 6.42 Å². The van der Waals surface area contributed by atoms with E-state index in [1.54, 1.807) is 0 Å². The van der Waals surface area contributed by atoms with E-state index in [1.165, 1.54) is 167 Å². The van der Waals surface area contributed by atoms with Gasteiger partial charge in [0.15, 0.2) is 6.10 Å². The van der Waals surface area contributed by atoms with E-state index in [4.69, 9.17) is 24.3 Å². The third kappa shape index (κ3) is 78.5. The Bertz CT molecular complexity index is 2120. The summed E-state index contributed by atoms with van der Waals surface area (Å²) in [7, 11) is -4.41. The Labute approximate surface area is 585 Å². The van der Waals surface area contributed by atoms with Crippen molar-refractivity contribution in [3.05, 3.63) is 158 Å². The third-order valence-corrected chi connectivity index (χ3v) is 17.4. The molecule has 542 valence electrons. The molecule has 0 aromatic heterocycles. The van der Waals surface area contributed by atoms with Gasteiger partial charge in [-0.05, 0) is 128 Å². The molecular weight excluding hydrogens is 1190 g/mol. The molecule has 0 amide bonds. The summed E-state index contributed by atoms with van der Waals surface area (Å²) in [5.74, 6) is -0.843. The van der Waals surface area contributed by atoms with Gasteiger partial charge < -0.3 is 20.1 Å². The van der Waals surface area contributed by atoms with Crippen LogP contribution in [0.3, 0.4) is 0 Å². The molecule has 0 spiro atoms. The van der Waals surface area contributed by atoms with Gasteiger partial charge in [0.25, 0.3) is 0 Å². The summed E-state index contributed by atoms with van der Waals surface area (Å²) < 4.78 is 33.2. The van der Waals surface area contributed by atoms with E-state index in [1.807, 2.05) is 0 Å². The lowest BCUT2D eigenvalue weighted by atomic mass is 10.0. The molecule has 0 bridgehead atoms. The highest BCUT2D eigenvalue weighted by molar-refractivity contribution is 7.47. The minimum absolute atomic E-state index is 0.0445. The number of carbonyl (C=O) groups is 2. The van der Waals surface area contributed by atoms with Crippen molar-refractivity contribution in [2.75, 3.05) is 26.4 Å². The summed E-state index contributed by atoms with van der Waals surface area (Å²) in [4.78, 5) is 35.4. The first-order chi connectivity index (χ1) is 46.8. The van der Waals surface area contributed by atoms with Gasteiger partial charge in [0.2, 0.25) is 0 Å². The molecule has 0 aliphatic heterocycles. The quantitative estimate of drug-likeness (QED) is 0.0264. The Hall–Kier alpha value is -4.37. The molecule has 2 unspecified atom stereocenters. The van der Waals surface area contributed by atoms with Crippen molar-refractivity contribution in [3.63, 3.8) is 0 Å². The number of nitrogens with two attached hydrogens (primary N) is 1. The topological polar surface area (TPSA) is 134 Å². The summed E-state index contributed by atoms with van der Waals surface area (Å²) in [5.41, 5.74) is 5.41. The van der Waals surface area contributed by atoms with E-state index in [-0.39, 0.29) is 38.6 Å². The van der Waals surface area contributed by atoms with Crippen molar-refractivity contribution in [3.8, 4) is 0 Å². The third-order valence-electron chi connectivity index (χ3n) is 16.4. The van der Waals surface area contributed by atoms with Crippen LogP contribution in [-0.2, 0) is 32.7 Å². The number of carbonyl (C=O) groups excluding carboxylic acids is 2. The second-order valence-electron chi connectivity index (χ2n) is 25.5. The molecule has 0 rings (SSSR count). The van der Waals surface area contributed by atoms with Gasteiger partial charge >= 0.3 is 19.8 Å². The molecule has 10 heteroatoms. The first-order valence-electron chi connectivity index (χ1n) is 39.0. The summed E-state index contributed by atoms with van der Waals surface area (Å²) in [6, 6.07) is 0. The first-order valence-corrected chi connectivity index (χ1v) is 40.5. The molecule has 0 saturated heterocycles. The van der Waals surface area contributed by atoms with Crippen LogP contribution >= 0.6 is 7.82 Å². The zero-order valence-electron chi connectivity index (χ0n) is 61.1. The Morgan fingerprint density at radius 2 is 0.579 bits per heavy atom. The normalized spacial score (nSPS) is 13.8. The number of rotatable bonds is 72. The van der Waals surface area contributed by atoms with Gasteiger partial charge in [0.1, 0.15) is 6.61 Å². The molecule has 0 aliphatic rings. The summed E-state index contributed by atoms with van der Waals surface area (Å²) in [6.45, 7) is 3.62. The van der Waals surface area contributed by atoms with Gasteiger partial charge in [0.05, 0.1) is 13.2 Å². The highest BCUT2D eigenvalue weighted by Gasteiger charge is 2.26. The number of hydrogen-bond donors (Lipinski definition) is 2. The first kappa shape index (κ1) is 90.6. The maximum atomic E-state index is 12.8. The minimum Gasteiger partial charge on any atom is -0.462 e. The summed E-state index contributed by atoms with van der Waals surface area (Å²) in [6.07, 6.45) is 115. The molecule has 0 aromatic rings. The number of allylic oxidation sites excluding steroid dienone is 26. The van der Waals surface area contributed by atoms with E-state index >= 15 is 0 Å². The molecule has 0 fully saturated rings. The van der Waals surface area contributed by atoms with Crippen molar-refractivity contribution in [2.45, 2.75) is 341 Å². The molecule has 9 nitrogen and oxygen atoms in total. The maximum absolute atomic E-state index is 12.8. The van der Waals surface area contributed by atoms with Gasteiger partial charge in [-0.15, -0.1) is 0 Å². The van der Waals surface area contributed by atoms with Gasteiger partial charge in [-0.2, -0.15) is 0 Å². The zero-order valence-corrected chi connectivity index (χ0v) is 62.0. The average Bonchev–Trinajstić information content (AvgIpc) is 2.64.